The van der Waals surface area contributed by atoms with Crippen molar-refractivity contribution in [2.24, 2.45) is 0 Å². The van der Waals surface area contributed by atoms with E-state index in [9.17, 15) is 9.90 Å². The minimum atomic E-state index is -0.848. The summed E-state index contributed by atoms with van der Waals surface area (Å²) in [6.45, 7) is 9.54. The summed E-state index contributed by atoms with van der Waals surface area (Å²) in [7, 11) is 0. The molecule has 1 unspecified atom stereocenters. The van der Waals surface area contributed by atoms with Crippen molar-refractivity contribution in [3.63, 3.8) is 0 Å². The van der Waals surface area contributed by atoms with Crippen LogP contribution in [-0.4, -0.2) is 16.2 Å². The first kappa shape index (κ1) is 13.6. The third-order valence-corrected chi connectivity index (χ3v) is 3.07. The summed E-state index contributed by atoms with van der Waals surface area (Å²) in [5.74, 6) is -1.17. The second-order valence-corrected chi connectivity index (χ2v) is 5.48. The van der Waals surface area contributed by atoms with Crippen molar-refractivity contribution >= 4 is 5.97 Å². The highest BCUT2D eigenvalue weighted by Gasteiger charge is 2.25. The minimum absolute atomic E-state index is 0.206. The van der Waals surface area contributed by atoms with Crippen LogP contribution in [0.5, 0.6) is 5.75 Å². The Morgan fingerprint density at radius 1 is 1.29 bits per heavy atom. The predicted octanol–water partition coefficient (Wildman–Crippen LogP) is 3.19. The number of carboxylic acids is 1. The largest absolute Gasteiger partial charge is 0.508 e. The van der Waals surface area contributed by atoms with Crippen LogP contribution in [0.3, 0.4) is 0 Å². The number of hydrogen-bond acceptors (Lipinski definition) is 2. The van der Waals surface area contributed by atoms with Crippen LogP contribution in [0.25, 0.3) is 0 Å². The van der Waals surface area contributed by atoms with Crippen LogP contribution in [0.2, 0.25) is 0 Å². The van der Waals surface area contributed by atoms with Crippen LogP contribution >= 0.6 is 0 Å². The third-order valence-electron chi connectivity index (χ3n) is 3.07. The molecule has 0 aliphatic rings. The zero-order valence-electron chi connectivity index (χ0n) is 11.0. The van der Waals surface area contributed by atoms with Gasteiger partial charge < -0.3 is 10.2 Å². The molecule has 0 aliphatic carbocycles. The van der Waals surface area contributed by atoms with Gasteiger partial charge in [-0.3, -0.25) is 4.79 Å². The van der Waals surface area contributed by atoms with Crippen molar-refractivity contribution < 1.29 is 15.0 Å². The van der Waals surface area contributed by atoms with E-state index in [1.54, 1.807) is 19.1 Å². The van der Waals surface area contributed by atoms with E-state index in [1.165, 1.54) is 0 Å². The van der Waals surface area contributed by atoms with Gasteiger partial charge in [0.1, 0.15) is 5.75 Å². The van der Waals surface area contributed by atoms with E-state index in [0.717, 1.165) is 16.7 Å². The molecule has 0 amide bonds. The number of rotatable bonds is 2. The van der Waals surface area contributed by atoms with Gasteiger partial charge in [-0.2, -0.15) is 0 Å². The van der Waals surface area contributed by atoms with E-state index in [0.29, 0.717) is 0 Å². The number of carboxylic acid groups (broad SMARTS) is 1. The zero-order chi connectivity index (χ0) is 13.4. The molecule has 0 spiro atoms. The van der Waals surface area contributed by atoms with Gasteiger partial charge in [-0.05, 0) is 36.5 Å². The molecule has 3 nitrogen and oxygen atoms in total. The molecule has 0 aliphatic heterocycles. The van der Waals surface area contributed by atoms with Crippen molar-refractivity contribution in [1.29, 1.82) is 0 Å². The molecule has 0 radical (unpaired) electrons. The summed E-state index contributed by atoms with van der Waals surface area (Å²) in [5.41, 5.74) is 2.25. The first-order valence-electron chi connectivity index (χ1n) is 5.72. The molecule has 0 saturated carbocycles. The Morgan fingerprint density at radius 3 is 2.24 bits per heavy atom. The summed E-state index contributed by atoms with van der Waals surface area (Å²) in [6.07, 6.45) is 0. The standard InChI is InChI=1S/C14H20O3/c1-8-10(9(2)13(16)17)6-7-11(15)12(8)14(3,4)5/h6-7,9,15H,1-5H3,(H,16,17). The third kappa shape index (κ3) is 2.60. The first-order valence-corrected chi connectivity index (χ1v) is 5.72. The molecule has 94 valence electrons. The van der Waals surface area contributed by atoms with Gasteiger partial charge in [0.25, 0.3) is 0 Å². The van der Waals surface area contributed by atoms with E-state index in [2.05, 4.69) is 0 Å². The van der Waals surface area contributed by atoms with Gasteiger partial charge >= 0.3 is 5.97 Å². The topological polar surface area (TPSA) is 57.5 Å². The highest BCUT2D eigenvalue weighted by molar-refractivity contribution is 5.76. The lowest BCUT2D eigenvalue weighted by Gasteiger charge is -2.25. The molecule has 0 bridgehead atoms. The summed E-state index contributed by atoms with van der Waals surface area (Å²) < 4.78 is 0. The van der Waals surface area contributed by atoms with Crippen molar-refractivity contribution in [1.82, 2.24) is 0 Å². The highest BCUT2D eigenvalue weighted by Crippen LogP contribution is 2.37. The molecule has 1 rings (SSSR count). The minimum Gasteiger partial charge on any atom is -0.508 e. The molecule has 0 fully saturated rings. The molecule has 1 atom stereocenters. The predicted molar refractivity (Wildman–Crippen MR) is 67.6 cm³/mol. The number of aromatic hydroxyl groups is 1. The Labute approximate surface area is 102 Å². The number of hydrogen-bond donors (Lipinski definition) is 2. The lowest BCUT2D eigenvalue weighted by Crippen LogP contribution is -2.17. The first-order chi connectivity index (χ1) is 7.66. The van der Waals surface area contributed by atoms with Crippen LogP contribution in [0.4, 0.5) is 0 Å². The Balaban J connectivity index is 3.44. The maximum Gasteiger partial charge on any atom is 0.310 e. The van der Waals surface area contributed by atoms with Crippen molar-refractivity contribution in [3.05, 3.63) is 28.8 Å². The van der Waals surface area contributed by atoms with E-state index in [-0.39, 0.29) is 11.2 Å². The molecule has 17 heavy (non-hydrogen) atoms. The van der Waals surface area contributed by atoms with Crippen LogP contribution in [0.1, 0.15) is 50.3 Å². The molecule has 0 heterocycles. The monoisotopic (exact) mass is 236 g/mol. The lowest BCUT2D eigenvalue weighted by molar-refractivity contribution is -0.138. The number of carbonyl (C=O) groups is 1. The average molecular weight is 236 g/mol. The number of phenolic OH excluding ortho intramolecular Hbond substituents is 1. The Hall–Kier alpha value is -1.51. The second kappa shape index (κ2) is 4.40. The quantitative estimate of drug-likeness (QED) is 0.829. The van der Waals surface area contributed by atoms with E-state index in [1.807, 2.05) is 27.7 Å². The van der Waals surface area contributed by atoms with Crippen LogP contribution in [0, 0.1) is 6.92 Å². The molecular formula is C14H20O3. The zero-order valence-corrected chi connectivity index (χ0v) is 11.0. The summed E-state index contributed by atoms with van der Waals surface area (Å²) >= 11 is 0. The maximum atomic E-state index is 11.0. The maximum absolute atomic E-state index is 11.0. The van der Waals surface area contributed by atoms with Gasteiger partial charge in [-0.15, -0.1) is 0 Å². The van der Waals surface area contributed by atoms with Crippen LogP contribution in [0.15, 0.2) is 12.1 Å². The lowest BCUT2D eigenvalue weighted by atomic mass is 9.80. The van der Waals surface area contributed by atoms with Gasteiger partial charge in [-0.25, -0.2) is 0 Å². The van der Waals surface area contributed by atoms with Crippen LogP contribution in [-0.2, 0) is 10.2 Å². The SMILES string of the molecule is Cc1c(C(C)C(=O)O)ccc(O)c1C(C)(C)C. The Kier molecular flexibility index (Phi) is 3.51. The smallest absolute Gasteiger partial charge is 0.310 e. The van der Waals surface area contributed by atoms with Gasteiger partial charge in [0.2, 0.25) is 0 Å². The van der Waals surface area contributed by atoms with Gasteiger partial charge in [-0.1, -0.05) is 26.8 Å². The average Bonchev–Trinajstić information content (AvgIpc) is 2.14. The molecule has 2 N–H and O–H groups in total. The highest BCUT2D eigenvalue weighted by atomic mass is 16.4. The van der Waals surface area contributed by atoms with Crippen LogP contribution < -0.4 is 0 Å². The fourth-order valence-electron chi connectivity index (χ4n) is 2.26. The molecule has 1 aromatic rings. The Bertz CT molecular complexity index is 442. The molecule has 1 aromatic carbocycles. The fourth-order valence-corrected chi connectivity index (χ4v) is 2.26. The second-order valence-electron chi connectivity index (χ2n) is 5.48. The number of benzene rings is 1. The van der Waals surface area contributed by atoms with Crippen molar-refractivity contribution in [2.45, 2.75) is 46.0 Å². The molecule has 0 aromatic heterocycles. The summed E-state index contributed by atoms with van der Waals surface area (Å²) in [4.78, 5) is 11.0. The van der Waals surface area contributed by atoms with Crippen molar-refractivity contribution in [2.75, 3.05) is 0 Å². The van der Waals surface area contributed by atoms with Crippen molar-refractivity contribution in [3.8, 4) is 5.75 Å². The molecular weight excluding hydrogens is 216 g/mol. The van der Waals surface area contributed by atoms with Gasteiger partial charge in [0.05, 0.1) is 5.92 Å². The van der Waals surface area contributed by atoms with E-state index in [4.69, 9.17) is 5.11 Å². The fraction of sp³-hybridized carbons (Fsp3) is 0.500. The summed E-state index contributed by atoms with van der Waals surface area (Å²) in [5, 5.41) is 19.0. The normalized spacial score (nSPS) is 13.5. The Morgan fingerprint density at radius 2 is 1.82 bits per heavy atom. The van der Waals surface area contributed by atoms with E-state index >= 15 is 0 Å². The molecule has 3 heteroatoms. The van der Waals surface area contributed by atoms with E-state index < -0.39 is 11.9 Å². The summed E-state index contributed by atoms with van der Waals surface area (Å²) in [6, 6.07) is 3.28. The van der Waals surface area contributed by atoms with Gasteiger partial charge in [0.15, 0.2) is 0 Å². The molecule has 0 saturated heterocycles. The van der Waals surface area contributed by atoms with Gasteiger partial charge in [0, 0.05) is 5.56 Å². The number of phenols is 1. The number of aliphatic carboxylic acids is 1.